The van der Waals surface area contributed by atoms with Crippen LogP contribution in [0.4, 0.5) is 17.6 Å². The Bertz CT molecular complexity index is 390. The van der Waals surface area contributed by atoms with E-state index in [0.717, 1.165) is 6.42 Å². The number of benzene rings is 1. The molecular weight excluding hydrogens is 286 g/mol. The Hall–Kier alpha value is -1.01. The van der Waals surface area contributed by atoms with E-state index in [1.807, 2.05) is 6.92 Å². The second kappa shape index (κ2) is 7.55. The van der Waals surface area contributed by atoms with Crippen LogP contribution in [0.5, 0.6) is 5.75 Å². The van der Waals surface area contributed by atoms with Crippen LogP contribution in [0.2, 0.25) is 0 Å². The summed E-state index contributed by atoms with van der Waals surface area (Å²) in [6.07, 6.45) is -6.85. The zero-order valence-corrected chi connectivity index (χ0v) is 11.1. The summed E-state index contributed by atoms with van der Waals surface area (Å²) in [5, 5.41) is 0. The topological polar surface area (TPSA) is 35.2 Å². The van der Waals surface area contributed by atoms with Crippen molar-refractivity contribution in [1.82, 2.24) is 0 Å². The lowest BCUT2D eigenvalue weighted by Gasteiger charge is -2.18. The minimum atomic E-state index is -4.49. The van der Waals surface area contributed by atoms with Gasteiger partial charge in [-0.25, -0.2) is 0 Å². The average molecular weight is 302 g/mol. The largest absolute Gasteiger partial charge is 0.461 e. The lowest BCUT2D eigenvalue weighted by molar-refractivity contribution is -0.253. The number of alkyl halides is 4. The van der Waals surface area contributed by atoms with Gasteiger partial charge < -0.3 is 10.5 Å². The molecule has 0 bridgehead atoms. The highest BCUT2D eigenvalue weighted by molar-refractivity contribution is 5.85. The number of halogens is 5. The normalized spacial score (nSPS) is 13.0. The van der Waals surface area contributed by atoms with E-state index < -0.39 is 12.5 Å². The summed E-state index contributed by atoms with van der Waals surface area (Å²) in [5.74, 6) is -0.315. The Morgan fingerprint density at radius 3 is 2.47 bits per heavy atom. The van der Waals surface area contributed by atoms with Crippen LogP contribution in [-0.2, 0) is 0 Å². The molecule has 0 unspecified atom stereocenters. The molecule has 0 spiro atoms. The molecule has 0 saturated carbocycles. The van der Waals surface area contributed by atoms with Gasteiger partial charge in [-0.2, -0.15) is 17.6 Å². The van der Waals surface area contributed by atoms with E-state index in [0.29, 0.717) is 12.0 Å². The van der Waals surface area contributed by atoms with Crippen molar-refractivity contribution in [3.05, 3.63) is 29.8 Å². The van der Waals surface area contributed by atoms with Crippen molar-refractivity contribution in [3.63, 3.8) is 0 Å². The number of rotatable bonds is 6. The van der Waals surface area contributed by atoms with Crippen LogP contribution in [0, 0.1) is 0 Å². The Kier molecular flexibility index (Phi) is 7.15. The Morgan fingerprint density at radius 2 is 1.95 bits per heavy atom. The molecule has 7 heteroatoms. The van der Waals surface area contributed by atoms with Crippen molar-refractivity contribution in [1.29, 1.82) is 0 Å². The summed E-state index contributed by atoms with van der Waals surface area (Å²) in [4.78, 5) is 0. The quantitative estimate of drug-likeness (QED) is 0.801. The molecule has 110 valence electrons. The highest BCUT2D eigenvalue weighted by atomic mass is 35.5. The smallest absolute Gasteiger partial charge is 0.428 e. The molecule has 0 saturated heterocycles. The molecule has 0 aromatic heterocycles. The van der Waals surface area contributed by atoms with Gasteiger partial charge in [0.2, 0.25) is 0 Å². The van der Waals surface area contributed by atoms with Crippen LogP contribution in [0.1, 0.15) is 31.4 Å². The first-order chi connectivity index (χ1) is 8.36. The molecule has 1 atom stereocenters. The SMILES string of the molecule is CCC[C@@H](N)c1cccc(OC(F)(F)C(F)F)c1.Cl. The molecule has 1 aromatic rings. The monoisotopic (exact) mass is 301 g/mol. The fraction of sp³-hybridized carbons (Fsp3) is 0.500. The predicted octanol–water partition coefficient (Wildman–Crippen LogP) is 4.15. The highest BCUT2D eigenvalue weighted by Crippen LogP contribution is 2.29. The Morgan fingerprint density at radius 1 is 1.32 bits per heavy atom. The molecule has 1 rings (SSSR count). The van der Waals surface area contributed by atoms with Crippen molar-refractivity contribution in [3.8, 4) is 5.75 Å². The number of ether oxygens (including phenoxy) is 1. The minimum Gasteiger partial charge on any atom is -0.428 e. The van der Waals surface area contributed by atoms with Crippen molar-refractivity contribution >= 4 is 12.4 Å². The van der Waals surface area contributed by atoms with Gasteiger partial charge in [-0.1, -0.05) is 25.5 Å². The van der Waals surface area contributed by atoms with E-state index in [1.54, 1.807) is 6.07 Å². The van der Waals surface area contributed by atoms with Gasteiger partial charge in [0.05, 0.1) is 0 Å². The van der Waals surface area contributed by atoms with Crippen LogP contribution < -0.4 is 10.5 Å². The maximum Gasteiger partial charge on any atom is 0.461 e. The number of nitrogens with two attached hydrogens (primary N) is 1. The molecule has 0 radical (unpaired) electrons. The van der Waals surface area contributed by atoms with Gasteiger partial charge in [-0.3, -0.25) is 0 Å². The maximum atomic E-state index is 12.7. The van der Waals surface area contributed by atoms with Crippen molar-refractivity contribution < 1.29 is 22.3 Å². The standard InChI is InChI=1S/C12H15F4NO.ClH/c1-2-4-10(17)8-5-3-6-9(7-8)18-12(15,16)11(13)14;/h3,5-7,10-11H,2,4,17H2,1H3;1H/t10-;/m1./s1. The molecule has 2 nitrogen and oxygen atoms in total. The van der Waals surface area contributed by atoms with Crippen LogP contribution in [0.3, 0.4) is 0 Å². The van der Waals surface area contributed by atoms with Crippen LogP contribution >= 0.6 is 12.4 Å². The van der Waals surface area contributed by atoms with Crippen LogP contribution in [0.15, 0.2) is 24.3 Å². The van der Waals surface area contributed by atoms with Crippen LogP contribution in [0.25, 0.3) is 0 Å². The molecular formula is C12H16ClF4NO. The number of hydrogen-bond donors (Lipinski definition) is 1. The van der Waals surface area contributed by atoms with Crippen molar-refractivity contribution in [2.75, 3.05) is 0 Å². The van der Waals surface area contributed by atoms with E-state index in [2.05, 4.69) is 4.74 Å². The van der Waals surface area contributed by atoms with Gasteiger partial charge >= 0.3 is 12.5 Å². The molecule has 0 aliphatic heterocycles. The molecule has 0 heterocycles. The predicted molar refractivity (Wildman–Crippen MR) is 67.1 cm³/mol. The first kappa shape index (κ1) is 18.0. The molecule has 0 fully saturated rings. The third-order valence-electron chi connectivity index (χ3n) is 2.39. The van der Waals surface area contributed by atoms with E-state index in [9.17, 15) is 17.6 Å². The van der Waals surface area contributed by atoms with Crippen molar-refractivity contribution in [2.24, 2.45) is 5.73 Å². The van der Waals surface area contributed by atoms with Gasteiger partial charge in [-0.05, 0) is 24.1 Å². The Balaban J connectivity index is 0.00000324. The molecule has 0 aliphatic carbocycles. The van der Waals surface area contributed by atoms with Gasteiger partial charge in [0.1, 0.15) is 5.75 Å². The minimum absolute atomic E-state index is 0. The first-order valence-electron chi connectivity index (χ1n) is 5.57. The highest BCUT2D eigenvalue weighted by Gasteiger charge is 2.43. The number of hydrogen-bond acceptors (Lipinski definition) is 2. The zero-order chi connectivity index (χ0) is 13.8. The molecule has 0 aliphatic rings. The van der Waals surface area contributed by atoms with E-state index in [4.69, 9.17) is 5.73 Å². The molecule has 0 amide bonds. The van der Waals surface area contributed by atoms with Crippen LogP contribution in [-0.4, -0.2) is 12.5 Å². The van der Waals surface area contributed by atoms with E-state index >= 15 is 0 Å². The summed E-state index contributed by atoms with van der Waals surface area (Å²) in [5.41, 5.74) is 6.39. The summed E-state index contributed by atoms with van der Waals surface area (Å²) in [6, 6.07) is 5.23. The van der Waals surface area contributed by atoms with E-state index in [-0.39, 0.29) is 24.2 Å². The fourth-order valence-corrected chi connectivity index (χ4v) is 1.49. The molecule has 1 aromatic carbocycles. The Labute approximate surface area is 115 Å². The zero-order valence-electron chi connectivity index (χ0n) is 10.3. The lowest BCUT2D eigenvalue weighted by Crippen LogP contribution is -2.33. The second-order valence-electron chi connectivity index (χ2n) is 3.93. The average Bonchev–Trinajstić information content (AvgIpc) is 2.29. The van der Waals surface area contributed by atoms with Gasteiger partial charge in [0, 0.05) is 6.04 Å². The molecule has 19 heavy (non-hydrogen) atoms. The summed E-state index contributed by atoms with van der Waals surface area (Å²) < 4.78 is 53.4. The third-order valence-corrected chi connectivity index (χ3v) is 2.39. The lowest BCUT2D eigenvalue weighted by atomic mass is 10.0. The third kappa shape index (κ3) is 5.24. The van der Waals surface area contributed by atoms with Crippen molar-refractivity contribution in [2.45, 2.75) is 38.3 Å². The van der Waals surface area contributed by atoms with E-state index in [1.165, 1.54) is 18.2 Å². The first-order valence-corrected chi connectivity index (χ1v) is 5.57. The van der Waals surface area contributed by atoms with Gasteiger partial charge in [0.25, 0.3) is 0 Å². The van der Waals surface area contributed by atoms with Gasteiger partial charge in [0.15, 0.2) is 0 Å². The second-order valence-corrected chi connectivity index (χ2v) is 3.93. The summed E-state index contributed by atoms with van der Waals surface area (Å²) >= 11 is 0. The fourth-order valence-electron chi connectivity index (χ4n) is 1.49. The molecule has 2 N–H and O–H groups in total. The summed E-state index contributed by atoms with van der Waals surface area (Å²) in [7, 11) is 0. The summed E-state index contributed by atoms with van der Waals surface area (Å²) in [6.45, 7) is 1.94. The van der Waals surface area contributed by atoms with Gasteiger partial charge in [-0.15, -0.1) is 12.4 Å². The maximum absolute atomic E-state index is 12.7.